The molecule has 0 fully saturated rings. The lowest BCUT2D eigenvalue weighted by Gasteiger charge is -2.15. The minimum Gasteiger partial charge on any atom is -0.505 e. The predicted molar refractivity (Wildman–Crippen MR) is 171 cm³/mol. The molecule has 1 heterocycles. The minimum atomic E-state index is -5.05. The lowest BCUT2D eigenvalue weighted by Crippen LogP contribution is -2.11. The van der Waals surface area contributed by atoms with Crippen LogP contribution in [-0.4, -0.2) is 46.6 Å². The molecular formula is C27H20BrClN6O8S2. The third-order valence-corrected chi connectivity index (χ3v) is 8.84. The molecule has 0 bridgehead atoms. The van der Waals surface area contributed by atoms with Gasteiger partial charge in [0.25, 0.3) is 26.1 Å². The summed E-state index contributed by atoms with van der Waals surface area (Å²) in [6.45, 7) is 5.11. The summed E-state index contributed by atoms with van der Waals surface area (Å²) >= 11 is 9.24. The number of hydrogen-bond donors (Lipinski definition) is 5. The molecule has 1 aromatic heterocycles. The van der Waals surface area contributed by atoms with Crippen LogP contribution in [0.2, 0.25) is 5.02 Å². The summed E-state index contributed by atoms with van der Waals surface area (Å²) in [5, 5.41) is 22.1. The van der Waals surface area contributed by atoms with Gasteiger partial charge >= 0.3 is 0 Å². The normalized spacial score (nSPS) is 12.2. The number of rotatable bonds is 8. The van der Waals surface area contributed by atoms with Crippen molar-refractivity contribution in [2.75, 3.05) is 10.7 Å². The number of imidazole rings is 1. The molecule has 0 saturated carbocycles. The van der Waals surface area contributed by atoms with Crippen LogP contribution in [0.1, 0.15) is 5.82 Å². The van der Waals surface area contributed by atoms with E-state index in [2.05, 4.69) is 48.5 Å². The number of halogens is 2. The molecule has 5 rings (SSSR count). The van der Waals surface area contributed by atoms with E-state index < -0.39 is 53.1 Å². The number of carbonyl (C=O) groups excluding carboxylic acids is 1. The molecule has 45 heavy (non-hydrogen) atoms. The first-order valence-electron chi connectivity index (χ1n) is 12.4. The Kier molecular flexibility index (Phi) is 8.43. The third kappa shape index (κ3) is 6.39. The zero-order valence-corrected chi connectivity index (χ0v) is 26.7. The monoisotopic (exact) mass is 734 g/mol. The Labute approximate surface area is 268 Å². The zero-order valence-electron chi connectivity index (χ0n) is 22.7. The maximum absolute atomic E-state index is 12.4. The first kappa shape index (κ1) is 32.0. The van der Waals surface area contributed by atoms with Crippen molar-refractivity contribution >= 4 is 98.2 Å². The summed E-state index contributed by atoms with van der Waals surface area (Å²) in [5.41, 5.74) is 2.95. The van der Waals surface area contributed by atoms with Crippen molar-refractivity contribution in [1.29, 1.82) is 0 Å². The SMILES string of the molecule is C=C(Br)C(=O)Nc1ccc(S(=O)(=O)O)c(N=Nc2c(S(=O)(=O)O)cc3ccc4nc(C)n(Nc5ccccc5Cl)c4c3c2O)c1. The molecule has 5 N–H and O–H groups in total. The molecule has 0 aliphatic carbocycles. The average Bonchev–Trinajstić information content (AvgIpc) is 3.27. The second kappa shape index (κ2) is 11.8. The number of nitrogens with one attached hydrogen (secondary N) is 2. The van der Waals surface area contributed by atoms with Crippen LogP contribution >= 0.6 is 27.5 Å². The van der Waals surface area contributed by atoms with Crippen molar-refractivity contribution in [1.82, 2.24) is 9.66 Å². The highest BCUT2D eigenvalue weighted by molar-refractivity contribution is 9.12. The largest absolute Gasteiger partial charge is 0.505 e. The molecule has 0 aliphatic heterocycles. The van der Waals surface area contributed by atoms with Gasteiger partial charge in [-0.25, -0.2) is 9.66 Å². The van der Waals surface area contributed by atoms with Crippen LogP contribution in [0.3, 0.4) is 0 Å². The van der Waals surface area contributed by atoms with Gasteiger partial charge < -0.3 is 10.4 Å². The maximum Gasteiger partial charge on any atom is 0.296 e. The summed E-state index contributed by atoms with van der Waals surface area (Å²) in [4.78, 5) is 14.9. The molecule has 18 heteroatoms. The van der Waals surface area contributed by atoms with Crippen LogP contribution < -0.4 is 10.7 Å². The Hall–Kier alpha value is -4.39. The number of aryl methyl sites for hydroxylation is 1. The van der Waals surface area contributed by atoms with Crippen LogP contribution in [0.15, 0.2) is 91.7 Å². The average molecular weight is 736 g/mol. The number of azo groups is 1. The van der Waals surface area contributed by atoms with Crippen molar-refractivity contribution in [3.05, 3.63) is 82.6 Å². The Bertz CT molecular complexity index is 2330. The van der Waals surface area contributed by atoms with E-state index in [4.69, 9.17) is 11.6 Å². The lowest BCUT2D eigenvalue weighted by atomic mass is 10.1. The molecule has 14 nitrogen and oxygen atoms in total. The number of amides is 1. The quantitative estimate of drug-likeness (QED) is 0.0664. The van der Waals surface area contributed by atoms with E-state index in [0.717, 1.165) is 24.3 Å². The Morgan fingerprint density at radius 2 is 1.69 bits per heavy atom. The second-order valence-electron chi connectivity index (χ2n) is 9.38. The number of fused-ring (bicyclic) bond motifs is 3. The summed E-state index contributed by atoms with van der Waals surface area (Å²) in [7, 11) is -9.95. The molecule has 0 aliphatic rings. The fraction of sp³-hybridized carbons (Fsp3) is 0.0370. The van der Waals surface area contributed by atoms with Crippen molar-refractivity contribution in [3.8, 4) is 5.75 Å². The van der Waals surface area contributed by atoms with Crippen LogP contribution in [0.5, 0.6) is 5.75 Å². The highest BCUT2D eigenvalue weighted by Crippen LogP contribution is 2.45. The number of hydrogen-bond acceptors (Lipinski definition) is 10. The van der Waals surface area contributed by atoms with Gasteiger partial charge in [-0.2, -0.15) is 16.8 Å². The number of anilines is 2. The molecule has 0 radical (unpaired) electrons. The molecule has 0 spiro atoms. The highest BCUT2D eigenvalue weighted by atomic mass is 79.9. The molecule has 0 atom stereocenters. The summed E-state index contributed by atoms with van der Waals surface area (Å²) in [5.74, 6) is -1.01. The summed E-state index contributed by atoms with van der Waals surface area (Å²) in [6, 6.07) is 14.0. The van der Waals surface area contributed by atoms with Crippen molar-refractivity contribution in [2.24, 2.45) is 10.2 Å². The van der Waals surface area contributed by atoms with Gasteiger partial charge in [-0.1, -0.05) is 36.4 Å². The lowest BCUT2D eigenvalue weighted by molar-refractivity contribution is -0.112. The van der Waals surface area contributed by atoms with Crippen molar-refractivity contribution < 1.29 is 35.8 Å². The fourth-order valence-electron chi connectivity index (χ4n) is 4.41. The Morgan fingerprint density at radius 1 is 1.00 bits per heavy atom. The second-order valence-corrected chi connectivity index (χ2v) is 13.5. The van der Waals surface area contributed by atoms with Crippen LogP contribution in [-0.2, 0) is 25.0 Å². The highest BCUT2D eigenvalue weighted by Gasteiger charge is 2.26. The zero-order chi connectivity index (χ0) is 32.8. The minimum absolute atomic E-state index is 0.00594. The van der Waals surface area contributed by atoms with E-state index in [0.29, 0.717) is 22.1 Å². The number of aromatic nitrogens is 2. The molecule has 0 saturated heterocycles. The number of carbonyl (C=O) groups is 1. The first-order chi connectivity index (χ1) is 21.1. The summed E-state index contributed by atoms with van der Waals surface area (Å²) < 4.78 is 70.3. The number of phenolic OH excluding ortho intramolecular Hbond substituents is 1. The van der Waals surface area contributed by atoms with Crippen LogP contribution in [0.4, 0.5) is 22.7 Å². The van der Waals surface area contributed by atoms with E-state index in [1.807, 2.05) is 0 Å². The van der Waals surface area contributed by atoms with Gasteiger partial charge in [0.15, 0.2) is 5.75 Å². The number of para-hydroxylation sites is 1. The molecule has 1 amide bonds. The van der Waals surface area contributed by atoms with Gasteiger partial charge in [0, 0.05) is 5.69 Å². The molecule has 0 unspecified atom stereocenters. The van der Waals surface area contributed by atoms with E-state index in [1.54, 1.807) is 37.3 Å². The smallest absolute Gasteiger partial charge is 0.296 e. The van der Waals surface area contributed by atoms with Gasteiger partial charge in [0.05, 0.1) is 26.1 Å². The van der Waals surface area contributed by atoms with Crippen molar-refractivity contribution in [3.63, 3.8) is 0 Å². The van der Waals surface area contributed by atoms with Gasteiger partial charge in [0.1, 0.15) is 32.5 Å². The van der Waals surface area contributed by atoms with Gasteiger partial charge in [-0.3, -0.25) is 19.3 Å². The van der Waals surface area contributed by atoms with Gasteiger partial charge in [-0.15, -0.1) is 10.2 Å². The number of aromatic hydroxyl groups is 1. The topological polar surface area (TPSA) is 213 Å². The van der Waals surface area contributed by atoms with Gasteiger partial charge in [-0.05, 0) is 70.7 Å². The van der Waals surface area contributed by atoms with Gasteiger partial charge in [0.2, 0.25) is 0 Å². The Morgan fingerprint density at radius 3 is 2.33 bits per heavy atom. The molecular weight excluding hydrogens is 716 g/mol. The standard InChI is InChI=1S/C27H20BrClN6O8S2/c1-13(28)27(37)31-16-8-10-21(44(38,39)40)20(12-16)32-33-24-22(45(41,42)43)11-15-7-9-19-25(23(15)26(24)36)35(14(2)30-19)34-18-6-4-3-5-17(18)29/h3-12,34,36H,1H2,2H3,(H,31,37)(H,38,39,40)(H,41,42,43). The molecule has 232 valence electrons. The fourth-order valence-corrected chi connectivity index (χ4v) is 5.95. The Balaban J connectivity index is 1.77. The van der Waals surface area contributed by atoms with E-state index in [9.17, 15) is 35.8 Å². The maximum atomic E-state index is 12.4. The van der Waals surface area contributed by atoms with E-state index >= 15 is 0 Å². The van der Waals surface area contributed by atoms with Crippen LogP contribution in [0, 0.1) is 6.92 Å². The molecule has 4 aromatic carbocycles. The van der Waals surface area contributed by atoms with Crippen molar-refractivity contribution in [2.45, 2.75) is 16.7 Å². The third-order valence-electron chi connectivity index (χ3n) is 6.38. The first-order valence-corrected chi connectivity index (χ1v) is 16.5. The number of nitrogens with zero attached hydrogens (tertiary/aromatic N) is 4. The van der Waals surface area contributed by atoms with Crippen LogP contribution in [0.25, 0.3) is 21.8 Å². The number of benzene rings is 4. The number of phenols is 1. The predicted octanol–water partition coefficient (Wildman–Crippen LogP) is 6.49. The molecule has 5 aromatic rings. The van der Waals surface area contributed by atoms with E-state index in [-0.39, 0.29) is 26.5 Å². The van der Waals surface area contributed by atoms with E-state index in [1.165, 1.54) is 10.7 Å². The summed E-state index contributed by atoms with van der Waals surface area (Å²) in [6.07, 6.45) is 0.